The summed E-state index contributed by atoms with van der Waals surface area (Å²) in [7, 11) is 0. The van der Waals surface area contributed by atoms with Gasteiger partial charge in [-0.25, -0.2) is 0 Å². The predicted octanol–water partition coefficient (Wildman–Crippen LogP) is 2.43. The Labute approximate surface area is 90.9 Å². The zero-order chi connectivity index (χ0) is 9.47. The van der Waals surface area contributed by atoms with Crippen LogP contribution in [0.5, 0.6) is 0 Å². The van der Waals surface area contributed by atoms with Crippen molar-refractivity contribution in [2.45, 2.75) is 18.3 Å². The van der Waals surface area contributed by atoms with E-state index in [9.17, 15) is 0 Å². The van der Waals surface area contributed by atoms with Gasteiger partial charge in [-0.2, -0.15) is 5.26 Å². The minimum Gasteiger partial charge on any atom is -0.399 e. The largest absolute Gasteiger partial charge is 0.399 e. The molecule has 0 heterocycles. The van der Waals surface area contributed by atoms with E-state index in [0.29, 0.717) is 0 Å². The molecule has 1 aliphatic rings. The Morgan fingerprint density at radius 2 is 2.08 bits per heavy atom. The molecule has 0 aromatic heterocycles. The van der Waals surface area contributed by atoms with Crippen LogP contribution < -0.4 is 5.73 Å². The molecule has 1 saturated carbocycles. The molecule has 13 heavy (non-hydrogen) atoms. The first-order valence-electron chi connectivity index (χ1n) is 4.14. The van der Waals surface area contributed by atoms with Crippen molar-refractivity contribution in [3.8, 4) is 6.07 Å². The molecule has 0 atom stereocenters. The van der Waals surface area contributed by atoms with E-state index in [4.69, 9.17) is 11.0 Å². The smallest absolute Gasteiger partial charge is 0.0824 e. The summed E-state index contributed by atoms with van der Waals surface area (Å²) >= 11 is 2.23. The fourth-order valence-electron chi connectivity index (χ4n) is 1.48. The van der Waals surface area contributed by atoms with Crippen LogP contribution in [0, 0.1) is 14.9 Å². The van der Waals surface area contributed by atoms with Crippen LogP contribution in [0.2, 0.25) is 0 Å². The number of hydrogen-bond donors (Lipinski definition) is 1. The van der Waals surface area contributed by atoms with Crippen molar-refractivity contribution in [3.05, 3.63) is 27.3 Å². The molecule has 0 radical (unpaired) electrons. The molecular weight excluding hydrogens is 275 g/mol. The summed E-state index contributed by atoms with van der Waals surface area (Å²) in [5, 5.41) is 9.00. The minimum absolute atomic E-state index is 0.213. The van der Waals surface area contributed by atoms with Gasteiger partial charge in [-0.05, 0) is 59.2 Å². The molecule has 0 bridgehead atoms. The lowest BCUT2D eigenvalue weighted by Crippen LogP contribution is -2.03. The Morgan fingerprint density at radius 3 is 2.54 bits per heavy atom. The standard InChI is InChI=1S/C10H9IN2/c11-8-3-7(4-9(13)5-8)10(6-12)1-2-10/h3-5H,1-2,13H2. The summed E-state index contributed by atoms with van der Waals surface area (Å²) in [6.45, 7) is 0. The molecule has 1 aromatic rings. The number of nitriles is 1. The Hall–Kier alpha value is -0.760. The fraction of sp³-hybridized carbons (Fsp3) is 0.300. The van der Waals surface area contributed by atoms with E-state index in [2.05, 4.69) is 28.7 Å². The summed E-state index contributed by atoms with van der Waals surface area (Å²) in [5.74, 6) is 0. The molecule has 0 spiro atoms. The summed E-state index contributed by atoms with van der Waals surface area (Å²) in [6, 6.07) is 8.24. The molecular formula is C10H9IN2. The maximum Gasteiger partial charge on any atom is 0.0824 e. The van der Waals surface area contributed by atoms with Gasteiger partial charge in [0.2, 0.25) is 0 Å². The summed E-state index contributed by atoms with van der Waals surface area (Å²) < 4.78 is 1.11. The number of anilines is 1. The van der Waals surface area contributed by atoms with Crippen LogP contribution in [0.1, 0.15) is 18.4 Å². The van der Waals surface area contributed by atoms with E-state index >= 15 is 0 Å². The number of rotatable bonds is 1. The van der Waals surface area contributed by atoms with Crippen molar-refractivity contribution < 1.29 is 0 Å². The summed E-state index contributed by atoms with van der Waals surface area (Å²) in [6.07, 6.45) is 1.95. The first kappa shape index (κ1) is 8.82. The molecule has 2 N–H and O–H groups in total. The Kier molecular flexibility index (Phi) is 1.95. The molecule has 3 heteroatoms. The molecule has 1 aromatic carbocycles. The molecule has 1 fully saturated rings. The number of hydrogen-bond acceptors (Lipinski definition) is 2. The number of nitrogens with two attached hydrogens (primary N) is 1. The average molecular weight is 284 g/mol. The second-order valence-corrected chi connectivity index (χ2v) is 4.71. The number of benzene rings is 1. The van der Waals surface area contributed by atoms with Crippen LogP contribution in [0.25, 0.3) is 0 Å². The maximum atomic E-state index is 9.00. The second-order valence-electron chi connectivity index (χ2n) is 3.47. The lowest BCUT2D eigenvalue weighted by molar-refractivity contribution is 0.908. The number of nitrogen functional groups attached to an aromatic ring is 1. The zero-order valence-corrected chi connectivity index (χ0v) is 9.21. The Bertz CT molecular complexity index is 368. The second kappa shape index (κ2) is 2.88. The first-order valence-corrected chi connectivity index (χ1v) is 5.22. The van der Waals surface area contributed by atoms with Gasteiger partial charge in [0.25, 0.3) is 0 Å². The number of nitrogens with zero attached hydrogens (tertiary/aromatic N) is 1. The van der Waals surface area contributed by atoms with Gasteiger partial charge in [-0.15, -0.1) is 0 Å². The van der Waals surface area contributed by atoms with E-state index in [0.717, 1.165) is 27.7 Å². The van der Waals surface area contributed by atoms with Crippen molar-refractivity contribution in [2.24, 2.45) is 0 Å². The van der Waals surface area contributed by atoms with E-state index < -0.39 is 0 Å². The van der Waals surface area contributed by atoms with Crippen molar-refractivity contribution in [1.29, 1.82) is 5.26 Å². The van der Waals surface area contributed by atoms with Crippen LogP contribution in [-0.2, 0) is 5.41 Å². The van der Waals surface area contributed by atoms with Gasteiger partial charge in [-0.1, -0.05) is 0 Å². The highest BCUT2D eigenvalue weighted by Gasteiger charge is 2.45. The molecule has 0 amide bonds. The Morgan fingerprint density at radius 1 is 1.38 bits per heavy atom. The van der Waals surface area contributed by atoms with Gasteiger partial charge >= 0.3 is 0 Å². The normalized spacial score (nSPS) is 17.8. The first-order chi connectivity index (χ1) is 6.16. The molecule has 0 aliphatic heterocycles. The molecule has 66 valence electrons. The summed E-state index contributed by atoms with van der Waals surface area (Å²) in [4.78, 5) is 0. The van der Waals surface area contributed by atoms with E-state index in [1.807, 2.05) is 18.2 Å². The highest BCUT2D eigenvalue weighted by molar-refractivity contribution is 14.1. The van der Waals surface area contributed by atoms with Crippen molar-refractivity contribution in [1.82, 2.24) is 0 Å². The number of halogens is 1. The monoisotopic (exact) mass is 284 g/mol. The van der Waals surface area contributed by atoms with Crippen molar-refractivity contribution in [3.63, 3.8) is 0 Å². The van der Waals surface area contributed by atoms with Gasteiger partial charge in [-0.3, -0.25) is 0 Å². The summed E-state index contributed by atoms with van der Waals surface area (Å²) in [5.41, 5.74) is 7.35. The predicted molar refractivity (Wildman–Crippen MR) is 60.1 cm³/mol. The minimum atomic E-state index is -0.213. The van der Waals surface area contributed by atoms with E-state index in [1.165, 1.54) is 0 Å². The molecule has 2 nitrogen and oxygen atoms in total. The molecule has 1 aliphatic carbocycles. The van der Waals surface area contributed by atoms with Gasteiger partial charge in [0.1, 0.15) is 0 Å². The highest BCUT2D eigenvalue weighted by Crippen LogP contribution is 2.48. The third-order valence-electron chi connectivity index (χ3n) is 2.44. The lowest BCUT2D eigenvalue weighted by atomic mass is 9.97. The molecule has 0 unspecified atom stereocenters. The zero-order valence-electron chi connectivity index (χ0n) is 7.05. The quantitative estimate of drug-likeness (QED) is 0.636. The van der Waals surface area contributed by atoms with Crippen LogP contribution in [0.15, 0.2) is 18.2 Å². The fourth-order valence-corrected chi connectivity index (χ4v) is 2.17. The third kappa shape index (κ3) is 1.51. The topological polar surface area (TPSA) is 49.8 Å². The maximum absolute atomic E-state index is 9.00. The van der Waals surface area contributed by atoms with E-state index in [-0.39, 0.29) is 5.41 Å². The van der Waals surface area contributed by atoms with Crippen LogP contribution >= 0.6 is 22.6 Å². The van der Waals surface area contributed by atoms with Gasteiger partial charge in [0, 0.05) is 9.26 Å². The third-order valence-corrected chi connectivity index (χ3v) is 3.06. The van der Waals surface area contributed by atoms with Crippen molar-refractivity contribution in [2.75, 3.05) is 5.73 Å². The SMILES string of the molecule is N#CC1(c2cc(N)cc(I)c2)CC1. The van der Waals surface area contributed by atoms with Crippen molar-refractivity contribution >= 4 is 28.3 Å². The Balaban J connectivity index is 2.48. The lowest BCUT2D eigenvalue weighted by Gasteiger charge is -2.07. The van der Waals surface area contributed by atoms with Gasteiger partial charge in [0.05, 0.1) is 11.5 Å². The van der Waals surface area contributed by atoms with Crippen LogP contribution in [0.4, 0.5) is 5.69 Å². The van der Waals surface area contributed by atoms with Crippen LogP contribution in [-0.4, -0.2) is 0 Å². The molecule has 2 rings (SSSR count). The van der Waals surface area contributed by atoms with E-state index in [1.54, 1.807) is 0 Å². The highest BCUT2D eigenvalue weighted by atomic mass is 127. The van der Waals surface area contributed by atoms with Gasteiger partial charge < -0.3 is 5.73 Å². The average Bonchev–Trinajstić information content (AvgIpc) is 2.82. The van der Waals surface area contributed by atoms with Gasteiger partial charge in [0.15, 0.2) is 0 Å². The molecule has 0 saturated heterocycles. The van der Waals surface area contributed by atoms with Crippen LogP contribution in [0.3, 0.4) is 0 Å².